The van der Waals surface area contributed by atoms with Gasteiger partial charge in [0.2, 0.25) is 0 Å². The molecular formula is C8H14O2. The summed E-state index contributed by atoms with van der Waals surface area (Å²) in [5, 5.41) is 9.39. The highest BCUT2D eigenvalue weighted by Crippen LogP contribution is 2.39. The van der Waals surface area contributed by atoms with E-state index in [2.05, 4.69) is 6.92 Å². The van der Waals surface area contributed by atoms with Gasteiger partial charge in [-0.25, -0.2) is 0 Å². The normalized spacial score (nSPS) is 53.4. The lowest BCUT2D eigenvalue weighted by atomic mass is 10.0. The van der Waals surface area contributed by atoms with Crippen LogP contribution in [-0.2, 0) is 4.74 Å². The summed E-state index contributed by atoms with van der Waals surface area (Å²) in [5.74, 6) is 1.21. The van der Waals surface area contributed by atoms with E-state index in [1.807, 2.05) is 0 Å². The third kappa shape index (κ3) is 0.867. The largest absolute Gasteiger partial charge is 0.390 e. The zero-order valence-electron chi connectivity index (χ0n) is 6.29. The minimum absolute atomic E-state index is 0.171. The van der Waals surface area contributed by atoms with Gasteiger partial charge in [0.15, 0.2) is 0 Å². The highest BCUT2D eigenvalue weighted by molar-refractivity contribution is 4.91. The van der Waals surface area contributed by atoms with Crippen molar-refractivity contribution in [3.8, 4) is 0 Å². The van der Waals surface area contributed by atoms with Gasteiger partial charge in [-0.1, -0.05) is 6.92 Å². The molecule has 2 rings (SSSR count). The Hall–Kier alpha value is -0.0800. The van der Waals surface area contributed by atoms with E-state index >= 15 is 0 Å². The maximum atomic E-state index is 9.39. The summed E-state index contributed by atoms with van der Waals surface area (Å²) in [6.07, 6.45) is 2.52. The van der Waals surface area contributed by atoms with Gasteiger partial charge in [-0.05, 0) is 18.8 Å². The molecule has 4 atom stereocenters. The van der Waals surface area contributed by atoms with Crippen LogP contribution in [0.2, 0.25) is 0 Å². The van der Waals surface area contributed by atoms with Gasteiger partial charge < -0.3 is 9.84 Å². The maximum Gasteiger partial charge on any atom is 0.0826 e. The van der Waals surface area contributed by atoms with Crippen molar-refractivity contribution in [1.82, 2.24) is 0 Å². The lowest BCUT2D eigenvalue weighted by Crippen LogP contribution is -2.18. The molecule has 0 aromatic rings. The Balaban J connectivity index is 2.05. The summed E-state index contributed by atoms with van der Waals surface area (Å²) in [4.78, 5) is 0. The number of fused-ring (bicyclic) bond motifs is 1. The molecule has 0 radical (unpaired) electrons. The summed E-state index contributed by atoms with van der Waals surface area (Å²) in [5.41, 5.74) is 0. The standard InChI is InChI=1S/C8H14O2/c1-5-2-6-7(9)4-10-8(6)3-5/h5-9H,2-4H2,1H3/t5-,6-,7-,8-/m1/s1. The van der Waals surface area contributed by atoms with E-state index in [9.17, 15) is 5.11 Å². The molecule has 0 amide bonds. The lowest BCUT2D eigenvalue weighted by Gasteiger charge is -2.08. The first kappa shape index (κ1) is 6.62. The number of hydrogen-bond acceptors (Lipinski definition) is 2. The van der Waals surface area contributed by atoms with Gasteiger partial charge in [0.25, 0.3) is 0 Å². The van der Waals surface area contributed by atoms with Crippen molar-refractivity contribution in [2.24, 2.45) is 11.8 Å². The summed E-state index contributed by atoms with van der Waals surface area (Å²) in [6, 6.07) is 0. The predicted molar refractivity (Wildman–Crippen MR) is 37.6 cm³/mol. The molecule has 2 heteroatoms. The fourth-order valence-corrected chi connectivity index (χ4v) is 2.23. The average molecular weight is 142 g/mol. The van der Waals surface area contributed by atoms with Crippen LogP contribution in [0.3, 0.4) is 0 Å². The molecule has 2 nitrogen and oxygen atoms in total. The predicted octanol–water partition coefficient (Wildman–Crippen LogP) is 0.792. The smallest absolute Gasteiger partial charge is 0.0826 e. The second kappa shape index (κ2) is 2.21. The van der Waals surface area contributed by atoms with Crippen LogP contribution in [0, 0.1) is 11.8 Å². The molecule has 10 heavy (non-hydrogen) atoms. The summed E-state index contributed by atoms with van der Waals surface area (Å²) < 4.78 is 5.41. The molecule has 2 aliphatic rings. The van der Waals surface area contributed by atoms with Gasteiger partial charge in [0.1, 0.15) is 0 Å². The van der Waals surface area contributed by atoms with Crippen molar-refractivity contribution < 1.29 is 9.84 Å². The molecule has 0 aromatic heterocycles. The first-order valence-electron chi connectivity index (χ1n) is 4.07. The molecule has 0 bridgehead atoms. The molecule has 1 saturated carbocycles. The maximum absolute atomic E-state index is 9.39. The molecule has 2 fully saturated rings. The molecule has 0 spiro atoms. The molecule has 1 N–H and O–H groups in total. The first-order chi connectivity index (χ1) is 4.77. The van der Waals surface area contributed by atoms with Gasteiger partial charge in [-0.3, -0.25) is 0 Å². The highest BCUT2D eigenvalue weighted by Gasteiger charge is 2.42. The third-order valence-corrected chi connectivity index (χ3v) is 2.76. The first-order valence-corrected chi connectivity index (χ1v) is 4.07. The molecule has 1 aliphatic heterocycles. The summed E-state index contributed by atoms with van der Waals surface area (Å²) >= 11 is 0. The van der Waals surface area contributed by atoms with Crippen LogP contribution in [0.5, 0.6) is 0 Å². The summed E-state index contributed by atoms with van der Waals surface area (Å²) in [6.45, 7) is 2.80. The average Bonchev–Trinajstić information content (AvgIpc) is 2.35. The van der Waals surface area contributed by atoms with E-state index in [1.165, 1.54) is 0 Å². The Morgan fingerprint density at radius 2 is 2.20 bits per heavy atom. The van der Waals surface area contributed by atoms with Gasteiger partial charge in [0, 0.05) is 5.92 Å². The molecule has 0 aromatic carbocycles. The van der Waals surface area contributed by atoms with Crippen LogP contribution in [0.25, 0.3) is 0 Å². The number of hydrogen-bond donors (Lipinski definition) is 1. The molecule has 58 valence electrons. The lowest BCUT2D eigenvalue weighted by molar-refractivity contribution is 0.0812. The van der Waals surface area contributed by atoms with Crippen LogP contribution in [0.4, 0.5) is 0 Å². The zero-order chi connectivity index (χ0) is 7.14. The quantitative estimate of drug-likeness (QED) is 0.542. The van der Waals surface area contributed by atoms with Gasteiger partial charge in [-0.2, -0.15) is 0 Å². The van der Waals surface area contributed by atoms with Crippen LogP contribution in [0.1, 0.15) is 19.8 Å². The highest BCUT2D eigenvalue weighted by atomic mass is 16.5. The van der Waals surface area contributed by atoms with Crippen molar-refractivity contribution >= 4 is 0 Å². The summed E-state index contributed by atoms with van der Waals surface area (Å²) in [7, 11) is 0. The van der Waals surface area contributed by atoms with Crippen molar-refractivity contribution in [1.29, 1.82) is 0 Å². The molecule has 1 aliphatic carbocycles. The Morgan fingerprint density at radius 1 is 1.40 bits per heavy atom. The van der Waals surface area contributed by atoms with Crippen molar-refractivity contribution in [2.75, 3.05) is 6.61 Å². The Bertz CT molecular complexity index is 135. The van der Waals surface area contributed by atoms with Crippen molar-refractivity contribution in [2.45, 2.75) is 32.0 Å². The fourth-order valence-electron chi connectivity index (χ4n) is 2.23. The monoisotopic (exact) mass is 142 g/mol. The van der Waals surface area contributed by atoms with E-state index in [1.54, 1.807) is 0 Å². The SMILES string of the molecule is C[C@@H]1C[C@@H]2[C@H](O)CO[C@@H]2C1. The topological polar surface area (TPSA) is 29.5 Å². The number of aliphatic hydroxyl groups is 1. The molecule has 1 heterocycles. The van der Waals surface area contributed by atoms with E-state index < -0.39 is 0 Å². The Labute approximate surface area is 61.2 Å². The number of ether oxygens (including phenoxy) is 1. The second-order valence-corrected chi connectivity index (χ2v) is 3.68. The molecule has 0 unspecified atom stereocenters. The minimum atomic E-state index is -0.171. The van der Waals surface area contributed by atoms with Crippen LogP contribution in [0.15, 0.2) is 0 Å². The second-order valence-electron chi connectivity index (χ2n) is 3.68. The third-order valence-electron chi connectivity index (χ3n) is 2.76. The van der Waals surface area contributed by atoms with E-state index in [4.69, 9.17) is 4.74 Å². The van der Waals surface area contributed by atoms with Crippen LogP contribution >= 0.6 is 0 Å². The van der Waals surface area contributed by atoms with Crippen molar-refractivity contribution in [3.05, 3.63) is 0 Å². The Kier molecular flexibility index (Phi) is 1.46. The minimum Gasteiger partial charge on any atom is -0.390 e. The number of rotatable bonds is 0. The van der Waals surface area contributed by atoms with E-state index in [0.717, 1.165) is 18.8 Å². The van der Waals surface area contributed by atoms with Crippen molar-refractivity contribution in [3.63, 3.8) is 0 Å². The zero-order valence-corrected chi connectivity index (χ0v) is 6.29. The van der Waals surface area contributed by atoms with E-state index in [-0.39, 0.29) is 6.10 Å². The van der Waals surface area contributed by atoms with E-state index in [0.29, 0.717) is 18.6 Å². The molecule has 1 saturated heterocycles. The van der Waals surface area contributed by atoms with Crippen LogP contribution < -0.4 is 0 Å². The van der Waals surface area contributed by atoms with Gasteiger partial charge in [-0.15, -0.1) is 0 Å². The Morgan fingerprint density at radius 3 is 2.90 bits per heavy atom. The van der Waals surface area contributed by atoms with Gasteiger partial charge in [0.05, 0.1) is 18.8 Å². The van der Waals surface area contributed by atoms with Crippen LogP contribution in [-0.4, -0.2) is 23.9 Å². The van der Waals surface area contributed by atoms with Gasteiger partial charge >= 0.3 is 0 Å². The molecular weight excluding hydrogens is 128 g/mol. The number of aliphatic hydroxyl groups excluding tert-OH is 1. The fraction of sp³-hybridized carbons (Fsp3) is 1.00.